The molecular formula is C26H24F9NO5. The molecule has 0 unspecified atom stereocenters. The summed E-state index contributed by atoms with van der Waals surface area (Å²) in [6, 6.07) is 1.66. The summed E-state index contributed by atoms with van der Waals surface area (Å²) in [5, 5.41) is 9.20. The highest BCUT2D eigenvalue weighted by Gasteiger charge is 2.46. The zero-order chi connectivity index (χ0) is 30.9. The average molecular weight is 601 g/mol. The first-order chi connectivity index (χ1) is 18.9. The number of amides is 1. The molecule has 0 saturated carbocycles. The summed E-state index contributed by atoms with van der Waals surface area (Å²) in [4.78, 5) is 26.9. The lowest BCUT2D eigenvalue weighted by Gasteiger charge is -2.42. The minimum atomic E-state index is -5.29. The van der Waals surface area contributed by atoms with Gasteiger partial charge in [0.1, 0.15) is 0 Å². The third-order valence-corrected chi connectivity index (χ3v) is 6.67. The third kappa shape index (κ3) is 6.88. The van der Waals surface area contributed by atoms with Crippen LogP contribution in [0.3, 0.4) is 0 Å². The van der Waals surface area contributed by atoms with Gasteiger partial charge in [0.25, 0.3) is 0 Å². The quantitative estimate of drug-likeness (QED) is 0.215. The Bertz CT molecular complexity index is 1240. The molecule has 0 radical (unpaired) electrons. The molecule has 0 spiro atoms. The van der Waals surface area contributed by atoms with Gasteiger partial charge in [0.15, 0.2) is 6.79 Å². The summed E-state index contributed by atoms with van der Waals surface area (Å²) < 4.78 is 133. The van der Waals surface area contributed by atoms with Crippen molar-refractivity contribution in [1.82, 2.24) is 0 Å². The molecule has 15 heteroatoms. The Kier molecular flexibility index (Phi) is 9.20. The Morgan fingerprint density at radius 3 is 1.90 bits per heavy atom. The third-order valence-electron chi connectivity index (χ3n) is 6.67. The Balaban J connectivity index is 2.37. The van der Waals surface area contributed by atoms with Gasteiger partial charge in [-0.25, -0.2) is 4.79 Å². The zero-order valence-corrected chi connectivity index (χ0v) is 21.5. The molecule has 1 aliphatic rings. The predicted molar refractivity (Wildman–Crippen MR) is 125 cm³/mol. The molecule has 226 valence electrons. The molecule has 1 aliphatic heterocycles. The number of carbonyl (C=O) groups is 2. The van der Waals surface area contributed by atoms with Gasteiger partial charge in [-0.3, -0.25) is 9.69 Å². The van der Waals surface area contributed by atoms with Crippen LogP contribution in [-0.4, -0.2) is 36.6 Å². The minimum absolute atomic E-state index is 0.110. The number of fused-ring (bicyclic) bond motifs is 1. The first-order valence-electron chi connectivity index (χ1n) is 12.2. The molecule has 1 amide bonds. The number of esters is 1. The van der Waals surface area contributed by atoms with Crippen LogP contribution in [0.5, 0.6) is 0 Å². The smallest absolute Gasteiger partial charge is 0.416 e. The van der Waals surface area contributed by atoms with Crippen molar-refractivity contribution in [1.29, 1.82) is 0 Å². The zero-order valence-electron chi connectivity index (χ0n) is 21.5. The highest BCUT2D eigenvalue weighted by Crippen LogP contribution is 2.50. The lowest BCUT2D eigenvalue weighted by molar-refractivity contribution is -0.155. The van der Waals surface area contributed by atoms with Gasteiger partial charge in [-0.15, -0.1) is 0 Å². The summed E-state index contributed by atoms with van der Waals surface area (Å²) in [7, 11) is 0. The van der Waals surface area contributed by atoms with Crippen LogP contribution in [0.25, 0.3) is 0 Å². The SMILES string of the molecule is CCOC(=O)N1c2ccc(C(F)(F)F)cc2[C@@H]([C@@H](C(=O)OCO)c2cc(C(F)(F)F)cc(C(F)(F)F)c2)C[C@H]1CC. The van der Waals surface area contributed by atoms with Crippen LogP contribution in [0.1, 0.15) is 66.3 Å². The van der Waals surface area contributed by atoms with Crippen LogP contribution < -0.4 is 4.90 Å². The molecule has 0 saturated heterocycles. The number of aliphatic hydroxyl groups excluding tert-OH is 1. The summed E-state index contributed by atoms with van der Waals surface area (Å²) in [5.74, 6) is -5.02. The Morgan fingerprint density at radius 1 is 0.878 bits per heavy atom. The summed E-state index contributed by atoms with van der Waals surface area (Å²) >= 11 is 0. The van der Waals surface area contributed by atoms with Gasteiger partial charge in [-0.1, -0.05) is 6.92 Å². The van der Waals surface area contributed by atoms with E-state index in [9.17, 15) is 54.2 Å². The van der Waals surface area contributed by atoms with Crippen molar-refractivity contribution in [3.05, 3.63) is 64.2 Å². The van der Waals surface area contributed by atoms with Crippen molar-refractivity contribution in [2.24, 2.45) is 0 Å². The predicted octanol–water partition coefficient (Wildman–Crippen LogP) is 7.25. The largest absolute Gasteiger partial charge is 0.449 e. The van der Waals surface area contributed by atoms with Gasteiger partial charge < -0.3 is 14.6 Å². The van der Waals surface area contributed by atoms with E-state index in [1.807, 2.05) is 0 Å². The molecule has 0 fully saturated rings. The molecule has 6 nitrogen and oxygen atoms in total. The fourth-order valence-electron chi connectivity index (χ4n) is 4.92. The number of ether oxygens (including phenoxy) is 2. The number of alkyl halides is 9. The number of carbonyl (C=O) groups excluding carboxylic acids is 2. The highest BCUT2D eigenvalue weighted by atomic mass is 19.4. The first kappa shape index (κ1) is 32.0. The van der Waals surface area contributed by atoms with Crippen molar-refractivity contribution in [2.45, 2.75) is 63.1 Å². The van der Waals surface area contributed by atoms with E-state index in [0.29, 0.717) is 12.1 Å². The van der Waals surface area contributed by atoms with Gasteiger partial charge in [0.2, 0.25) is 0 Å². The van der Waals surface area contributed by atoms with Crippen LogP contribution in [-0.2, 0) is 32.8 Å². The van der Waals surface area contributed by atoms with Crippen molar-refractivity contribution < 1.29 is 63.7 Å². The fraction of sp³-hybridized carbons (Fsp3) is 0.462. The maximum absolute atomic E-state index is 13.7. The van der Waals surface area contributed by atoms with Crippen LogP contribution in [0.15, 0.2) is 36.4 Å². The number of anilines is 1. The van der Waals surface area contributed by atoms with Crippen LogP contribution in [0.2, 0.25) is 0 Å². The standard InChI is InChI=1S/C26H24F9NO5/c1-3-17-11-19(18-10-14(24(27,28)29)5-6-20(18)36(17)23(39)40-4-2)21(22(38)41-12-37)13-7-15(25(30,31)32)9-16(8-13)26(33,34)35/h5-10,17,19,21,37H,3-4,11-12H2,1-2H3/t17-,19+,21+/m1/s1. The summed E-state index contributed by atoms with van der Waals surface area (Å²) in [6.45, 7) is 1.64. The van der Waals surface area contributed by atoms with E-state index in [1.54, 1.807) is 6.92 Å². The van der Waals surface area contributed by atoms with Crippen molar-refractivity contribution in [3.8, 4) is 0 Å². The molecule has 0 aromatic heterocycles. The van der Waals surface area contributed by atoms with Crippen molar-refractivity contribution in [2.75, 3.05) is 18.3 Å². The second kappa shape index (κ2) is 11.8. The molecule has 3 rings (SSSR count). The van der Waals surface area contributed by atoms with Gasteiger partial charge in [-0.2, -0.15) is 39.5 Å². The molecule has 41 heavy (non-hydrogen) atoms. The van der Waals surface area contributed by atoms with Gasteiger partial charge in [0.05, 0.1) is 34.9 Å². The molecule has 1 N–H and O–H groups in total. The topological polar surface area (TPSA) is 76.1 Å². The lowest BCUT2D eigenvalue weighted by atomic mass is 9.73. The molecular weight excluding hydrogens is 577 g/mol. The Labute approximate surface area is 227 Å². The van der Waals surface area contributed by atoms with Crippen LogP contribution >= 0.6 is 0 Å². The molecule has 1 heterocycles. The van der Waals surface area contributed by atoms with E-state index < -0.39 is 77.5 Å². The second-order valence-corrected chi connectivity index (χ2v) is 9.15. The molecule has 2 aromatic carbocycles. The molecule has 2 aromatic rings. The van der Waals surface area contributed by atoms with Crippen molar-refractivity contribution >= 4 is 17.7 Å². The van der Waals surface area contributed by atoms with E-state index in [1.165, 1.54) is 6.92 Å². The number of hydrogen-bond donors (Lipinski definition) is 1. The van der Waals surface area contributed by atoms with E-state index >= 15 is 0 Å². The van der Waals surface area contributed by atoms with Crippen molar-refractivity contribution in [3.63, 3.8) is 0 Å². The maximum atomic E-state index is 13.7. The number of benzene rings is 2. The second-order valence-electron chi connectivity index (χ2n) is 9.15. The number of nitrogens with zero attached hydrogens (tertiary/aromatic N) is 1. The van der Waals surface area contributed by atoms with Gasteiger partial charge in [0, 0.05) is 12.0 Å². The van der Waals surface area contributed by atoms with Crippen LogP contribution in [0, 0.1) is 0 Å². The van der Waals surface area contributed by atoms with Gasteiger partial charge in [-0.05, 0) is 67.3 Å². The van der Waals surface area contributed by atoms with Crippen LogP contribution in [0.4, 0.5) is 50.0 Å². The van der Waals surface area contributed by atoms with Gasteiger partial charge >= 0.3 is 30.6 Å². The summed E-state index contributed by atoms with van der Waals surface area (Å²) in [5.41, 5.74) is -6.14. The monoisotopic (exact) mass is 601 g/mol. The number of hydrogen-bond acceptors (Lipinski definition) is 5. The lowest BCUT2D eigenvalue weighted by Crippen LogP contribution is -2.46. The first-order valence-corrected chi connectivity index (χ1v) is 12.2. The summed E-state index contributed by atoms with van der Waals surface area (Å²) in [6.07, 6.45) is -16.7. The number of rotatable bonds is 6. The fourth-order valence-corrected chi connectivity index (χ4v) is 4.92. The Hall–Kier alpha value is -3.49. The maximum Gasteiger partial charge on any atom is 0.416 e. The molecule has 0 aliphatic carbocycles. The van der Waals surface area contributed by atoms with E-state index in [4.69, 9.17) is 4.74 Å². The Morgan fingerprint density at radius 2 is 1.44 bits per heavy atom. The van der Waals surface area contributed by atoms with E-state index in [-0.39, 0.29) is 48.9 Å². The normalized spacial score (nSPS) is 18.5. The molecule has 0 bridgehead atoms. The number of aliphatic hydroxyl groups is 1. The highest BCUT2D eigenvalue weighted by molar-refractivity contribution is 5.91. The molecule has 3 atom stereocenters. The van der Waals surface area contributed by atoms with E-state index in [2.05, 4.69) is 4.74 Å². The average Bonchev–Trinajstić information content (AvgIpc) is 2.86. The minimum Gasteiger partial charge on any atom is -0.449 e. The number of halogens is 9. The van der Waals surface area contributed by atoms with E-state index in [0.717, 1.165) is 11.0 Å².